The van der Waals surface area contributed by atoms with Crippen molar-refractivity contribution in [2.24, 2.45) is 0 Å². The third kappa shape index (κ3) is 3.58. The molecular weight excluding hydrogens is 336 g/mol. The van der Waals surface area contributed by atoms with Gasteiger partial charge in [0.25, 0.3) is 5.91 Å². The summed E-state index contributed by atoms with van der Waals surface area (Å²) in [5, 5.41) is 0. The van der Waals surface area contributed by atoms with Gasteiger partial charge in [-0.25, -0.2) is 8.42 Å². The van der Waals surface area contributed by atoms with E-state index in [0.29, 0.717) is 24.2 Å². The molecule has 6 heteroatoms. The smallest absolute Gasteiger partial charge is 0.256 e. The third-order valence-electron chi connectivity index (χ3n) is 4.69. The molecular formula is C19H22N2O3S. The first-order valence-corrected chi connectivity index (χ1v) is 10.3. The summed E-state index contributed by atoms with van der Waals surface area (Å²) < 4.78 is 23.7. The second kappa shape index (κ2) is 6.96. The first-order chi connectivity index (χ1) is 11.9. The standard InChI is InChI=1S/C19H22N2O3S/c1-3-21(16-10-12-25(23,24)13-16)19(22)18-14(2)20-11-9-17(18)15-7-5-4-6-8-15/h4-9,11,16H,3,10,12-13H2,1-2H3. The monoisotopic (exact) mass is 358 g/mol. The highest BCUT2D eigenvalue weighted by atomic mass is 32.2. The normalized spacial score (nSPS) is 18.9. The fourth-order valence-corrected chi connectivity index (χ4v) is 5.16. The van der Waals surface area contributed by atoms with E-state index in [1.165, 1.54) is 0 Å². The van der Waals surface area contributed by atoms with E-state index in [4.69, 9.17) is 0 Å². The largest absolute Gasteiger partial charge is 0.335 e. The van der Waals surface area contributed by atoms with Crippen molar-refractivity contribution in [1.29, 1.82) is 0 Å². The molecule has 1 saturated heterocycles. The van der Waals surface area contributed by atoms with Crippen LogP contribution < -0.4 is 0 Å². The molecule has 0 N–H and O–H groups in total. The Morgan fingerprint density at radius 2 is 1.96 bits per heavy atom. The lowest BCUT2D eigenvalue weighted by molar-refractivity contribution is 0.0708. The molecule has 1 aromatic carbocycles. The number of aromatic nitrogens is 1. The van der Waals surface area contributed by atoms with Crippen molar-refractivity contribution in [3.63, 3.8) is 0 Å². The van der Waals surface area contributed by atoms with Crippen LogP contribution >= 0.6 is 0 Å². The number of carbonyl (C=O) groups is 1. The molecule has 0 bridgehead atoms. The topological polar surface area (TPSA) is 67.3 Å². The van der Waals surface area contributed by atoms with Gasteiger partial charge in [0.15, 0.2) is 9.84 Å². The van der Waals surface area contributed by atoms with Crippen molar-refractivity contribution in [3.8, 4) is 11.1 Å². The Kier molecular flexibility index (Phi) is 4.90. The molecule has 132 valence electrons. The molecule has 3 rings (SSSR count). The Morgan fingerprint density at radius 1 is 1.24 bits per heavy atom. The highest BCUT2D eigenvalue weighted by Gasteiger charge is 2.35. The minimum atomic E-state index is -3.05. The molecule has 1 fully saturated rings. The van der Waals surface area contributed by atoms with Crippen LogP contribution in [0.25, 0.3) is 11.1 Å². The Labute approximate surface area is 148 Å². The molecule has 25 heavy (non-hydrogen) atoms. The van der Waals surface area contributed by atoms with Gasteiger partial charge in [0, 0.05) is 18.8 Å². The number of hydrogen-bond donors (Lipinski definition) is 0. The number of aryl methyl sites for hydroxylation is 1. The van der Waals surface area contributed by atoms with Gasteiger partial charge in [-0.05, 0) is 37.5 Å². The van der Waals surface area contributed by atoms with E-state index in [2.05, 4.69) is 4.98 Å². The van der Waals surface area contributed by atoms with Crippen LogP contribution in [0.1, 0.15) is 29.4 Å². The highest BCUT2D eigenvalue weighted by molar-refractivity contribution is 7.91. The van der Waals surface area contributed by atoms with Crippen LogP contribution in [0.15, 0.2) is 42.6 Å². The molecule has 1 aliphatic rings. The number of nitrogens with zero attached hydrogens (tertiary/aromatic N) is 2. The summed E-state index contributed by atoms with van der Waals surface area (Å²) in [4.78, 5) is 19.3. The molecule has 0 saturated carbocycles. The van der Waals surface area contributed by atoms with Gasteiger partial charge in [-0.2, -0.15) is 0 Å². The minimum Gasteiger partial charge on any atom is -0.335 e. The van der Waals surface area contributed by atoms with Crippen molar-refractivity contribution in [2.75, 3.05) is 18.1 Å². The van der Waals surface area contributed by atoms with Crippen molar-refractivity contribution in [2.45, 2.75) is 26.3 Å². The van der Waals surface area contributed by atoms with Crippen LogP contribution in [0.3, 0.4) is 0 Å². The molecule has 5 nitrogen and oxygen atoms in total. The Bertz CT molecular complexity index is 879. The molecule has 0 spiro atoms. The number of pyridine rings is 1. The van der Waals surface area contributed by atoms with Crippen molar-refractivity contribution >= 4 is 15.7 Å². The quantitative estimate of drug-likeness (QED) is 0.843. The second-order valence-corrected chi connectivity index (χ2v) is 8.56. The molecule has 1 aliphatic heterocycles. The zero-order valence-corrected chi connectivity index (χ0v) is 15.3. The number of rotatable bonds is 4. The first kappa shape index (κ1) is 17.6. The van der Waals surface area contributed by atoms with E-state index in [9.17, 15) is 13.2 Å². The average Bonchev–Trinajstić information content (AvgIpc) is 2.95. The lowest BCUT2D eigenvalue weighted by atomic mass is 9.98. The van der Waals surface area contributed by atoms with Gasteiger partial charge in [0.05, 0.1) is 22.8 Å². The van der Waals surface area contributed by atoms with E-state index < -0.39 is 9.84 Å². The first-order valence-electron chi connectivity index (χ1n) is 8.45. The highest BCUT2D eigenvalue weighted by Crippen LogP contribution is 2.28. The van der Waals surface area contributed by atoms with Crippen LogP contribution in [0.2, 0.25) is 0 Å². The maximum atomic E-state index is 13.3. The van der Waals surface area contributed by atoms with Crippen LogP contribution in [0.4, 0.5) is 0 Å². The van der Waals surface area contributed by atoms with Crippen molar-refractivity contribution in [1.82, 2.24) is 9.88 Å². The molecule has 2 aromatic rings. The number of carbonyl (C=O) groups excluding carboxylic acids is 1. The van der Waals surface area contributed by atoms with Crippen LogP contribution in [0, 0.1) is 6.92 Å². The zero-order chi connectivity index (χ0) is 18.0. The van der Waals surface area contributed by atoms with Gasteiger partial charge in [-0.3, -0.25) is 9.78 Å². The summed E-state index contributed by atoms with van der Waals surface area (Å²) >= 11 is 0. The third-order valence-corrected chi connectivity index (χ3v) is 6.44. The lowest BCUT2D eigenvalue weighted by Gasteiger charge is -2.28. The summed E-state index contributed by atoms with van der Waals surface area (Å²) in [6.45, 7) is 4.18. The summed E-state index contributed by atoms with van der Waals surface area (Å²) in [5.41, 5.74) is 2.99. The number of amides is 1. The molecule has 2 heterocycles. The number of hydrogen-bond acceptors (Lipinski definition) is 4. The van der Waals surface area contributed by atoms with E-state index >= 15 is 0 Å². The summed E-state index contributed by atoms with van der Waals surface area (Å²) in [5.74, 6) is 0.0556. The van der Waals surface area contributed by atoms with Gasteiger partial charge >= 0.3 is 0 Å². The fraction of sp³-hybridized carbons (Fsp3) is 0.368. The van der Waals surface area contributed by atoms with Crippen molar-refractivity contribution in [3.05, 3.63) is 53.9 Å². The lowest BCUT2D eigenvalue weighted by Crippen LogP contribution is -2.41. The Balaban J connectivity index is 2.02. The Morgan fingerprint density at radius 3 is 2.56 bits per heavy atom. The van der Waals surface area contributed by atoms with E-state index in [0.717, 1.165) is 11.1 Å². The summed E-state index contributed by atoms with van der Waals surface area (Å²) in [7, 11) is -3.05. The fourth-order valence-electron chi connectivity index (χ4n) is 3.43. The molecule has 1 unspecified atom stereocenters. The van der Waals surface area contributed by atoms with Gasteiger partial charge in [-0.1, -0.05) is 30.3 Å². The van der Waals surface area contributed by atoms with E-state index in [-0.39, 0.29) is 23.5 Å². The number of benzene rings is 1. The Hall–Kier alpha value is -2.21. The molecule has 1 aromatic heterocycles. The van der Waals surface area contributed by atoms with Crippen LogP contribution in [0.5, 0.6) is 0 Å². The second-order valence-electron chi connectivity index (χ2n) is 6.33. The van der Waals surface area contributed by atoms with E-state index in [1.54, 1.807) is 11.1 Å². The molecule has 0 radical (unpaired) electrons. The average molecular weight is 358 g/mol. The van der Waals surface area contributed by atoms with E-state index in [1.807, 2.05) is 50.2 Å². The predicted octanol–water partition coefficient (Wildman–Crippen LogP) is 2.71. The van der Waals surface area contributed by atoms with Gasteiger partial charge < -0.3 is 4.90 Å². The van der Waals surface area contributed by atoms with Gasteiger partial charge in [-0.15, -0.1) is 0 Å². The van der Waals surface area contributed by atoms with Crippen molar-refractivity contribution < 1.29 is 13.2 Å². The molecule has 0 aliphatic carbocycles. The molecule has 1 atom stereocenters. The SMILES string of the molecule is CCN(C(=O)c1c(-c2ccccc2)ccnc1C)C1CCS(=O)(=O)C1. The summed E-state index contributed by atoms with van der Waals surface area (Å²) in [6.07, 6.45) is 2.20. The zero-order valence-electron chi connectivity index (χ0n) is 14.5. The van der Waals surface area contributed by atoms with Crippen LogP contribution in [-0.4, -0.2) is 48.3 Å². The maximum absolute atomic E-state index is 13.3. The van der Waals surface area contributed by atoms with Gasteiger partial charge in [0.2, 0.25) is 0 Å². The number of sulfone groups is 1. The van der Waals surface area contributed by atoms with Crippen LogP contribution in [-0.2, 0) is 9.84 Å². The van der Waals surface area contributed by atoms with Gasteiger partial charge in [0.1, 0.15) is 0 Å². The molecule has 1 amide bonds. The summed E-state index contributed by atoms with van der Waals surface area (Å²) in [6, 6.07) is 11.3. The maximum Gasteiger partial charge on any atom is 0.256 e. The minimum absolute atomic E-state index is 0.0482. The predicted molar refractivity (Wildman–Crippen MR) is 98.2 cm³/mol.